The fourth-order valence-corrected chi connectivity index (χ4v) is 4.54. The second-order valence-electron chi connectivity index (χ2n) is 7.07. The van der Waals surface area contributed by atoms with Gasteiger partial charge in [-0.3, -0.25) is 19.3 Å². The number of hydrogen-bond donors (Lipinski definition) is 1. The summed E-state index contributed by atoms with van der Waals surface area (Å²) in [7, 11) is 3.03. The van der Waals surface area contributed by atoms with Crippen molar-refractivity contribution < 1.29 is 23.9 Å². The maximum absolute atomic E-state index is 12.9. The van der Waals surface area contributed by atoms with Gasteiger partial charge in [0.05, 0.1) is 24.1 Å². The number of carbonyl (C=O) groups is 3. The molecule has 1 heterocycles. The van der Waals surface area contributed by atoms with E-state index in [0.717, 1.165) is 27.4 Å². The van der Waals surface area contributed by atoms with Crippen molar-refractivity contribution in [3.05, 3.63) is 70.1 Å². The average molecular weight is 483 g/mol. The van der Waals surface area contributed by atoms with Gasteiger partial charge >= 0.3 is 0 Å². The monoisotopic (exact) mass is 482 g/mol. The van der Waals surface area contributed by atoms with E-state index in [1.807, 2.05) is 36.4 Å². The van der Waals surface area contributed by atoms with Crippen molar-refractivity contribution in [2.24, 2.45) is 0 Å². The summed E-state index contributed by atoms with van der Waals surface area (Å²) in [6.45, 7) is -0.418. The van der Waals surface area contributed by atoms with Gasteiger partial charge in [0, 0.05) is 11.3 Å². The second-order valence-corrected chi connectivity index (χ2v) is 8.47. The molecule has 0 spiro atoms. The number of anilines is 1. The van der Waals surface area contributed by atoms with Crippen LogP contribution in [0, 0.1) is 0 Å². The highest BCUT2D eigenvalue weighted by Crippen LogP contribution is 2.36. The van der Waals surface area contributed by atoms with Gasteiger partial charge in [0.2, 0.25) is 5.91 Å². The number of nitrogens with zero attached hydrogens (tertiary/aromatic N) is 1. The number of thioether (sulfide) groups is 1. The summed E-state index contributed by atoms with van der Waals surface area (Å²) in [6.07, 6.45) is 1.63. The standard InChI is InChI=1S/C24H19ClN2O5S/c1-31-19-9-7-14-5-3-4-6-16(14)17(19)12-21-23(29)27(24(30)33-21)13-22(28)26-15-8-10-20(32-2)18(25)11-15/h3-12H,13H2,1-2H3,(H,26,28). The first-order valence-corrected chi connectivity index (χ1v) is 11.0. The number of halogens is 1. The first-order chi connectivity index (χ1) is 15.9. The molecular weight excluding hydrogens is 464 g/mol. The van der Waals surface area contributed by atoms with Gasteiger partial charge in [-0.05, 0) is 52.9 Å². The van der Waals surface area contributed by atoms with E-state index in [0.29, 0.717) is 27.8 Å². The van der Waals surface area contributed by atoms with Gasteiger partial charge in [-0.25, -0.2) is 0 Å². The fourth-order valence-electron chi connectivity index (χ4n) is 3.46. The van der Waals surface area contributed by atoms with Crippen LogP contribution < -0.4 is 14.8 Å². The van der Waals surface area contributed by atoms with Crippen molar-refractivity contribution >= 4 is 63.0 Å². The normalized spacial score (nSPS) is 14.8. The van der Waals surface area contributed by atoms with Crippen molar-refractivity contribution in [3.63, 3.8) is 0 Å². The molecule has 0 unspecified atom stereocenters. The van der Waals surface area contributed by atoms with Crippen LogP contribution in [0.2, 0.25) is 5.02 Å². The van der Waals surface area contributed by atoms with Crippen molar-refractivity contribution in [2.75, 3.05) is 26.1 Å². The van der Waals surface area contributed by atoms with Crippen LogP contribution in [0.3, 0.4) is 0 Å². The molecule has 0 saturated carbocycles. The zero-order chi connectivity index (χ0) is 23.5. The molecule has 1 fully saturated rings. The molecule has 0 atom stereocenters. The van der Waals surface area contributed by atoms with E-state index < -0.39 is 23.6 Å². The molecule has 9 heteroatoms. The van der Waals surface area contributed by atoms with Crippen LogP contribution in [-0.4, -0.2) is 42.7 Å². The second kappa shape index (κ2) is 9.56. The lowest BCUT2D eigenvalue weighted by atomic mass is 10.0. The topological polar surface area (TPSA) is 84.9 Å². The summed E-state index contributed by atoms with van der Waals surface area (Å²) >= 11 is 6.86. The number of ether oxygens (including phenoxy) is 2. The lowest BCUT2D eigenvalue weighted by Crippen LogP contribution is -2.36. The van der Waals surface area contributed by atoms with Crippen molar-refractivity contribution in [2.45, 2.75) is 0 Å². The van der Waals surface area contributed by atoms with E-state index in [1.54, 1.807) is 25.3 Å². The molecule has 1 saturated heterocycles. The maximum atomic E-state index is 12.9. The lowest BCUT2D eigenvalue weighted by molar-refractivity contribution is -0.127. The Hall–Kier alpha value is -3.49. The molecule has 3 aromatic rings. The van der Waals surface area contributed by atoms with E-state index >= 15 is 0 Å². The molecule has 0 aromatic heterocycles. The van der Waals surface area contributed by atoms with Crippen molar-refractivity contribution in [3.8, 4) is 11.5 Å². The summed E-state index contributed by atoms with van der Waals surface area (Å²) in [5.41, 5.74) is 1.12. The molecule has 3 amide bonds. The summed E-state index contributed by atoms with van der Waals surface area (Å²) in [5.74, 6) is -0.0188. The molecule has 7 nitrogen and oxygen atoms in total. The Balaban J connectivity index is 1.55. The van der Waals surface area contributed by atoms with E-state index in [1.165, 1.54) is 13.2 Å². The van der Waals surface area contributed by atoms with Gasteiger partial charge in [0.25, 0.3) is 11.1 Å². The SMILES string of the molecule is COc1ccc(NC(=O)CN2C(=O)SC(=Cc3c(OC)ccc4ccccc34)C2=O)cc1Cl. The number of amides is 3. The van der Waals surface area contributed by atoms with Gasteiger partial charge in [0.1, 0.15) is 18.0 Å². The first-order valence-electron chi connectivity index (χ1n) is 9.85. The van der Waals surface area contributed by atoms with Gasteiger partial charge in [-0.1, -0.05) is 41.9 Å². The summed E-state index contributed by atoms with van der Waals surface area (Å²) in [5, 5.41) is 4.30. The van der Waals surface area contributed by atoms with Gasteiger partial charge in [0.15, 0.2) is 0 Å². The Morgan fingerprint density at radius 3 is 2.52 bits per heavy atom. The molecule has 4 rings (SSSR count). The van der Waals surface area contributed by atoms with Crippen molar-refractivity contribution in [1.82, 2.24) is 4.90 Å². The predicted molar refractivity (Wildman–Crippen MR) is 130 cm³/mol. The number of methoxy groups -OCH3 is 2. The lowest BCUT2D eigenvalue weighted by Gasteiger charge is -2.13. The third-order valence-electron chi connectivity index (χ3n) is 5.04. The summed E-state index contributed by atoms with van der Waals surface area (Å²) < 4.78 is 10.5. The Labute approximate surface area is 199 Å². The number of imide groups is 1. The molecule has 1 aliphatic rings. The molecule has 1 N–H and O–H groups in total. The quantitative estimate of drug-likeness (QED) is 0.487. The fraction of sp³-hybridized carbons (Fsp3) is 0.125. The van der Waals surface area contributed by atoms with Gasteiger partial charge < -0.3 is 14.8 Å². The zero-order valence-electron chi connectivity index (χ0n) is 17.8. The zero-order valence-corrected chi connectivity index (χ0v) is 19.3. The van der Waals surface area contributed by atoms with Crippen LogP contribution in [-0.2, 0) is 9.59 Å². The number of fused-ring (bicyclic) bond motifs is 1. The van der Waals surface area contributed by atoms with Crippen LogP contribution >= 0.6 is 23.4 Å². The van der Waals surface area contributed by atoms with E-state index in [9.17, 15) is 14.4 Å². The Bertz CT molecular complexity index is 1310. The Kier molecular flexibility index (Phi) is 6.57. The highest BCUT2D eigenvalue weighted by Gasteiger charge is 2.36. The molecule has 0 bridgehead atoms. The third kappa shape index (κ3) is 4.67. The minimum atomic E-state index is -0.539. The first kappa shape index (κ1) is 22.7. The molecular formula is C24H19ClN2O5S. The van der Waals surface area contributed by atoms with Gasteiger partial charge in [-0.2, -0.15) is 0 Å². The highest BCUT2D eigenvalue weighted by atomic mass is 35.5. The van der Waals surface area contributed by atoms with E-state index in [2.05, 4.69) is 5.32 Å². The van der Waals surface area contributed by atoms with Crippen LogP contribution in [0.25, 0.3) is 16.8 Å². The Morgan fingerprint density at radius 1 is 1.06 bits per heavy atom. The predicted octanol–water partition coefficient (Wildman–Crippen LogP) is 5.19. The number of carbonyl (C=O) groups excluding carboxylic acids is 3. The largest absolute Gasteiger partial charge is 0.496 e. The molecule has 3 aromatic carbocycles. The number of hydrogen-bond acceptors (Lipinski definition) is 6. The molecule has 0 radical (unpaired) electrons. The molecule has 33 heavy (non-hydrogen) atoms. The van der Waals surface area contributed by atoms with Crippen LogP contribution in [0.4, 0.5) is 10.5 Å². The van der Waals surface area contributed by atoms with E-state index in [-0.39, 0.29) is 4.91 Å². The average Bonchev–Trinajstić information content (AvgIpc) is 3.06. The highest BCUT2D eigenvalue weighted by molar-refractivity contribution is 8.18. The molecule has 168 valence electrons. The van der Waals surface area contributed by atoms with Gasteiger partial charge in [-0.15, -0.1) is 0 Å². The minimum absolute atomic E-state index is 0.218. The summed E-state index contributed by atoms with van der Waals surface area (Å²) in [6, 6.07) is 16.2. The number of nitrogens with one attached hydrogen (secondary N) is 1. The van der Waals surface area contributed by atoms with Crippen molar-refractivity contribution in [1.29, 1.82) is 0 Å². The smallest absolute Gasteiger partial charge is 0.294 e. The van der Waals surface area contributed by atoms with Crippen LogP contribution in [0.1, 0.15) is 5.56 Å². The Morgan fingerprint density at radius 2 is 1.79 bits per heavy atom. The van der Waals surface area contributed by atoms with Crippen LogP contribution in [0.15, 0.2) is 59.5 Å². The summed E-state index contributed by atoms with van der Waals surface area (Å²) in [4.78, 5) is 39.1. The number of rotatable bonds is 6. The van der Waals surface area contributed by atoms with Crippen LogP contribution in [0.5, 0.6) is 11.5 Å². The molecule has 0 aliphatic carbocycles. The third-order valence-corrected chi connectivity index (χ3v) is 6.24. The minimum Gasteiger partial charge on any atom is -0.496 e. The molecule has 1 aliphatic heterocycles. The van der Waals surface area contributed by atoms with E-state index in [4.69, 9.17) is 21.1 Å². The number of benzene rings is 3. The maximum Gasteiger partial charge on any atom is 0.294 e.